The number of rotatable bonds is 6. The van der Waals surface area contributed by atoms with Gasteiger partial charge in [-0.05, 0) is 36.4 Å². The van der Waals surface area contributed by atoms with E-state index in [1.807, 2.05) is 0 Å². The molecule has 0 spiro atoms. The molecule has 1 aromatic heterocycles. The maximum Gasteiger partial charge on any atom is 0.335 e. The third kappa shape index (κ3) is 4.44. The number of aromatic nitrogens is 2. The van der Waals surface area contributed by atoms with E-state index in [1.54, 1.807) is 35.9 Å². The number of fused-ring (bicyclic) bond motifs is 1. The molecule has 1 heterocycles. The topological polar surface area (TPSA) is 73.6 Å². The molecule has 0 saturated heterocycles. The average Bonchev–Trinajstić information content (AvgIpc) is 3.04. The Labute approximate surface area is 180 Å². The van der Waals surface area contributed by atoms with Gasteiger partial charge in [0.05, 0.1) is 21.6 Å². The number of nitrogens with zero attached hydrogens (tertiary/aromatic N) is 2. The fourth-order valence-corrected chi connectivity index (χ4v) is 3.12. The van der Waals surface area contributed by atoms with E-state index in [0.717, 1.165) is 17.6 Å². The third-order valence-electron chi connectivity index (χ3n) is 4.56. The zero-order valence-corrected chi connectivity index (χ0v) is 16.9. The molecule has 6 nitrogen and oxygen atoms in total. The lowest BCUT2D eigenvalue weighted by molar-refractivity contribution is 0.0695. The van der Waals surface area contributed by atoms with Gasteiger partial charge in [0.15, 0.2) is 0 Å². The summed E-state index contributed by atoms with van der Waals surface area (Å²) < 4.78 is 40.3. The Morgan fingerprint density at radius 1 is 1.06 bits per heavy atom. The van der Waals surface area contributed by atoms with Crippen LogP contribution in [0.4, 0.5) is 8.78 Å². The highest BCUT2D eigenvalue weighted by molar-refractivity contribution is 6.30. The Morgan fingerprint density at radius 3 is 2.55 bits per heavy atom. The van der Waals surface area contributed by atoms with Crippen molar-refractivity contribution in [2.45, 2.75) is 6.61 Å². The molecule has 0 radical (unpaired) electrons. The first kappa shape index (κ1) is 20.6. The zero-order chi connectivity index (χ0) is 22.1. The van der Waals surface area contributed by atoms with Gasteiger partial charge in [-0.3, -0.25) is 0 Å². The second kappa shape index (κ2) is 8.23. The zero-order valence-electron chi connectivity index (χ0n) is 16.1. The van der Waals surface area contributed by atoms with Crippen LogP contribution in [0.25, 0.3) is 11.0 Å². The number of carbonyl (C=O) groups is 1. The lowest BCUT2D eigenvalue weighted by atomic mass is 10.2. The van der Waals surface area contributed by atoms with Gasteiger partial charge in [-0.1, -0.05) is 11.6 Å². The average molecular weight is 445 g/mol. The van der Waals surface area contributed by atoms with Crippen LogP contribution in [0.3, 0.4) is 0 Å². The molecule has 0 aliphatic rings. The van der Waals surface area contributed by atoms with Crippen LogP contribution in [0.5, 0.6) is 17.2 Å². The van der Waals surface area contributed by atoms with Gasteiger partial charge in [0.1, 0.15) is 41.3 Å². The van der Waals surface area contributed by atoms with E-state index in [9.17, 15) is 13.6 Å². The molecule has 0 unspecified atom stereocenters. The number of hydrogen-bond donors (Lipinski definition) is 1. The first-order valence-corrected chi connectivity index (χ1v) is 9.43. The molecule has 0 bridgehead atoms. The second-order valence-corrected chi connectivity index (χ2v) is 7.09. The lowest BCUT2D eigenvalue weighted by Gasteiger charge is -2.08. The Kier molecular flexibility index (Phi) is 5.48. The van der Waals surface area contributed by atoms with Gasteiger partial charge in [-0.2, -0.15) is 0 Å². The van der Waals surface area contributed by atoms with E-state index < -0.39 is 17.6 Å². The van der Waals surface area contributed by atoms with Crippen molar-refractivity contribution >= 4 is 28.6 Å². The number of hydrogen-bond acceptors (Lipinski definition) is 4. The molecule has 0 fully saturated rings. The largest absolute Gasteiger partial charge is 0.486 e. The van der Waals surface area contributed by atoms with Gasteiger partial charge < -0.3 is 19.1 Å². The van der Waals surface area contributed by atoms with E-state index in [2.05, 4.69) is 4.98 Å². The van der Waals surface area contributed by atoms with Crippen LogP contribution in [0.1, 0.15) is 16.2 Å². The summed E-state index contributed by atoms with van der Waals surface area (Å²) in [5.41, 5.74) is 1.19. The number of carboxylic acid groups (broad SMARTS) is 1. The standard InChI is InChI=1S/C22H15ClF2N2O4/c1-27-20-10-15(31-14-2-4-17(23)18(25)9-14)3-5-19(20)26-21(27)11-30-16-7-12(22(28)29)6-13(24)8-16/h2-10H,11H2,1H3,(H,28,29). The minimum absolute atomic E-state index is 0.00727. The minimum Gasteiger partial charge on any atom is -0.486 e. The molecule has 158 valence electrons. The number of benzene rings is 3. The number of imidazole rings is 1. The fraction of sp³-hybridized carbons (Fsp3) is 0.0909. The van der Waals surface area contributed by atoms with E-state index in [0.29, 0.717) is 22.8 Å². The lowest BCUT2D eigenvalue weighted by Crippen LogP contribution is -2.05. The molecule has 1 N–H and O–H groups in total. The van der Waals surface area contributed by atoms with E-state index in [-0.39, 0.29) is 22.9 Å². The van der Waals surface area contributed by atoms with Crippen LogP contribution in [-0.4, -0.2) is 20.6 Å². The smallest absolute Gasteiger partial charge is 0.335 e. The van der Waals surface area contributed by atoms with E-state index >= 15 is 0 Å². The molecule has 0 atom stereocenters. The molecule has 4 rings (SSSR count). The Hall–Kier alpha value is -3.65. The van der Waals surface area contributed by atoms with E-state index in [1.165, 1.54) is 18.2 Å². The normalized spacial score (nSPS) is 11.0. The summed E-state index contributed by atoms with van der Waals surface area (Å²) in [6.07, 6.45) is 0. The Morgan fingerprint density at radius 2 is 1.81 bits per heavy atom. The van der Waals surface area contributed by atoms with Crippen molar-refractivity contribution in [1.29, 1.82) is 0 Å². The Bertz CT molecular complexity index is 1310. The quantitative estimate of drug-likeness (QED) is 0.420. The van der Waals surface area contributed by atoms with Crippen molar-refractivity contribution in [3.05, 3.63) is 82.6 Å². The molecule has 0 aliphatic carbocycles. The van der Waals surface area contributed by atoms with Crippen molar-refractivity contribution < 1.29 is 28.2 Å². The van der Waals surface area contributed by atoms with E-state index in [4.69, 9.17) is 26.2 Å². The van der Waals surface area contributed by atoms with Crippen molar-refractivity contribution in [1.82, 2.24) is 9.55 Å². The van der Waals surface area contributed by atoms with Crippen LogP contribution < -0.4 is 9.47 Å². The van der Waals surface area contributed by atoms with Crippen molar-refractivity contribution in [2.75, 3.05) is 0 Å². The highest BCUT2D eigenvalue weighted by Gasteiger charge is 2.12. The van der Waals surface area contributed by atoms with Crippen LogP contribution in [-0.2, 0) is 13.7 Å². The summed E-state index contributed by atoms with van der Waals surface area (Å²) in [4.78, 5) is 15.5. The monoisotopic (exact) mass is 444 g/mol. The van der Waals surface area contributed by atoms with Gasteiger partial charge in [0.25, 0.3) is 0 Å². The molecule has 9 heteroatoms. The highest BCUT2D eigenvalue weighted by atomic mass is 35.5. The summed E-state index contributed by atoms with van der Waals surface area (Å²) in [7, 11) is 1.77. The summed E-state index contributed by atoms with van der Waals surface area (Å²) in [5, 5.41) is 9.05. The molecule has 0 saturated carbocycles. The summed E-state index contributed by atoms with van der Waals surface area (Å²) in [6, 6.07) is 12.6. The van der Waals surface area contributed by atoms with Crippen molar-refractivity contribution in [3.63, 3.8) is 0 Å². The highest BCUT2D eigenvalue weighted by Crippen LogP contribution is 2.28. The molecule has 0 amide bonds. The molecule has 4 aromatic rings. The molecular weight excluding hydrogens is 430 g/mol. The summed E-state index contributed by atoms with van der Waals surface area (Å²) >= 11 is 5.69. The van der Waals surface area contributed by atoms with Crippen LogP contribution in [0.2, 0.25) is 5.02 Å². The Balaban J connectivity index is 1.55. The fourth-order valence-electron chi connectivity index (χ4n) is 3.01. The number of aromatic carboxylic acids is 1. The number of carboxylic acids is 1. The minimum atomic E-state index is -1.25. The first-order valence-electron chi connectivity index (χ1n) is 9.05. The van der Waals surface area contributed by atoms with Gasteiger partial charge in [-0.25, -0.2) is 18.6 Å². The second-order valence-electron chi connectivity index (χ2n) is 6.68. The molecule has 31 heavy (non-hydrogen) atoms. The third-order valence-corrected chi connectivity index (χ3v) is 4.86. The van der Waals surface area contributed by atoms with Crippen LogP contribution in [0, 0.1) is 11.6 Å². The maximum absolute atomic E-state index is 13.6. The van der Waals surface area contributed by atoms with Crippen LogP contribution in [0.15, 0.2) is 54.6 Å². The van der Waals surface area contributed by atoms with Gasteiger partial charge in [-0.15, -0.1) is 0 Å². The van der Waals surface area contributed by atoms with Crippen molar-refractivity contribution in [2.24, 2.45) is 7.05 Å². The maximum atomic E-state index is 13.6. The van der Waals surface area contributed by atoms with Gasteiger partial charge >= 0.3 is 5.97 Å². The predicted molar refractivity (Wildman–Crippen MR) is 110 cm³/mol. The van der Waals surface area contributed by atoms with Gasteiger partial charge in [0, 0.05) is 25.2 Å². The number of halogens is 3. The number of ether oxygens (including phenoxy) is 2. The number of aryl methyl sites for hydroxylation is 1. The predicted octanol–water partition coefficient (Wildman–Crippen LogP) is 5.57. The summed E-state index contributed by atoms with van der Waals surface area (Å²) in [6.45, 7) is -0.00766. The molecule has 0 aliphatic heterocycles. The first-order chi connectivity index (χ1) is 14.8. The summed E-state index contributed by atoms with van der Waals surface area (Å²) in [5.74, 6) is -1.15. The van der Waals surface area contributed by atoms with Crippen LogP contribution >= 0.6 is 11.6 Å². The van der Waals surface area contributed by atoms with Gasteiger partial charge in [0.2, 0.25) is 0 Å². The molecular formula is C22H15ClF2N2O4. The van der Waals surface area contributed by atoms with Crippen molar-refractivity contribution in [3.8, 4) is 17.2 Å². The molecule has 3 aromatic carbocycles. The SMILES string of the molecule is Cn1c(COc2cc(F)cc(C(=O)O)c2)nc2ccc(Oc3ccc(Cl)c(F)c3)cc21.